The topological polar surface area (TPSA) is 126 Å². The summed E-state index contributed by atoms with van der Waals surface area (Å²) in [6.07, 6.45) is 1.03. The maximum absolute atomic E-state index is 12.1. The maximum Gasteiger partial charge on any atom is 0.401 e. The first kappa shape index (κ1) is 18.9. The molecule has 1 amide bonds. The van der Waals surface area contributed by atoms with E-state index in [9.17, 15) is 19.7 Å². The van der Waals surface area contributed by atoms with Crippen LogP contribution >= 0.6 is 0 Å². The molecule has 0 saturated carbocycles. The molecule has 0 spiro atoms. The standard InChI is InChI=1S/C16H18N4O6/c1-3-26-16(22)15-18-13(20(23)24)9-19(15)10-14(21)17-8-11-4-6-12(25-2)7-5-11/h4-7,9H,3,8,10H2,1-2H3,(H,17,21). The van der Waals surface area contributed by atoms with Gasteiger partial charge < -0.3 is 24.9 Å². The Bertz CT molecular complexity index is 800. The van der Waals surface area contributed by atoms with Gasteiger partial charge in [0.1, 0.15) is 18.5 Å². The Hall–Kier alpha value is -3.43. The fraction of sp³-hybridized carbons (Fsp3) is 0.312. The van der Waals surface area contributed by atoms with Gasteiger partial charge in [-0.05, 0) is 34.5 Å². The highest BCUT2D eigenvalue weighted by Gasteiger charge is 2.27. The van der Waals surface area contributed by atoms with Crippen LogP contribution in [0.4, 0.5) is 5.82 Å². The number of carbonyl (C=O) groups excluding carboxylic acids is 2. The Morgan fingerprint density at radius 3 is 2.58 bits per heavy atom. The number of nitrogens with zero attached hydrogens (tertiary/aromatic N) is 3. The lowest BCUT2D eigenvalue weighted by molar-refractivity contribution is -0.389. The Morgan fingerprint density at radius 1 is 1.31 bits per heavy atom. The van der Waals surface area contributed by atoms with E-state index in [1.807, 2.05) is 0 Å². The van der Waals surface area contributed by atoms with Crippen LogP contribution in [0.25, 0.3) is 0 Å². The van der Waals surface area contributed by atoms with Gasteiger partial charge in [-0.15, -0.1) is 0 Å². The third kappa shape index (κ3) is 4.79. The molecule has 0 fully saturated rings. The number of amides is 1. The van der Waals surface area contributed by atoms with Crippen molar-refractivity contribution in [1.82, 2.24) is 14.9 Å². The van der Waals surface area contributed by atoms with Crippen molar-refractivity contribution >= 4 is 17.7 Å². The Morgan fingerprint density at radius 2 is 2.00 bits per heavy atom. The lowest BCUT2D eigenvalue weighted by Crippen LogP contribution is -2.28. The highest BCUT2D eigenvalue weighted by Crippen LogP contribution is 2.13. The number of imidazole rings is 1. The van der Waals surface area contributed by atoms with Gasteiger partial charge in [0.2, 0.25) is 5.91 Å². The summed E-state index contributed by atoms with van der Waals surface area (Å²) in [5.74, 6) is -1.39. The van der Waals surface area contributed by atoms with Crippen LogP contribution in [0.3, 0.4) is 0 Å². The van der Waals surface area contributed by atoms with Crippen LogP contribution in [0.2, 0.25) is 0 Å². The molecular weight excluding hydrogens is 344 g/mol. The molecule has 10 heteroatoms. The quantitative estimate of drug-likeness (QED) is 0.426. The van der Waals surface area contributed by atoms with Crippen molar-refractivity contribution in [3.63, 3.8) is 0 Å². The number of ether oxygens (including phenoxy) is 2. The fourth-order valence-electron chi connectivity index (χ4n) is 2.12. The largest absolute Gasteiger partial charge is 0.497 e. The van der Waals surface area contributed by atoms with Crippen molar-refractivity contribution < 1.29 is 24.0 Å². The van der Waals surface area contributed by atoms with Gasteiger partial charge >= 0.3 is 17.6 Å². The van der Waals surface area contributed by atoms with Crippen LogP contribution in [0, 0.1) is 10.1 Å². The summed E-state index contributed by atoms with van der Waals surface area (Å²) in [5, 5.41) is 13.5. The Kier molecular flexibility index (Phi) is 6.25. The highest BCUT2D eigenvalue weighted by atomic mass is 16.6. The molecule has 1 heterocycles. The molecule has 0 saturated heterocycles. The molecule has 10 nitrogen and oxygen atoms in total. The summed E-state index contributed by atoms with van der Waals surface area (Å²) in [4.78, 5) is 37.7. The molecule has 1 N–H and O–H groups in total. The molecule has 0 aliphatic heterocycles. The summed E-state index contributed by atoms with van der Waals surface area (Å²) in [6.45, 7) is 1.64. The molecule has 1 aromatic heterocycles. The third-order valence-corrected chi connectivity index (χ3v) is 3.37. The molecule has 2 aromatic rings. The number of hydrogen-bond donors (Lipinski definition) is 1. The monoisotopic (exact) mass is 362 g/mol. The zero-order valence-electron chi connectivity index (χ0n) is 14.3. The Balaban J connectivity index is 2.04. The third-order valence-electron chi connectivity index (χ3n) is 3.37. The van der Waals surface area contributed by atoms with E-state index in [4.69, 9.17) is 9.47 Å². The zero-order valence-corrected chi connectivity index (χ0v) is 14.3. The van der Waals surface area contributed by atoms with Crippen molar-refractivity contribution in [2.75, 3.05) is 13.7 Å². The average Bonchev–Trinajstić information content (AvgIpc) is 3.05. The van der Waals surface area contributed by atoms with Crippen molar-refractivity contribution in [3.05, 3.63) is 52.0 Å². The van der Waals surface area contributed by atoms with Crippen LogP contribution in [0.1, 0.15) is 23.1 Å². The van der Waals surface area contributed by atoms with Gasteiger partial charge in [-0.3, -0.25) is 9.36 Å². The molecule has 0 radical (unpaired) electrons. The predicted octanol–water partition coefficient (Wildman–Crippen LogP) is 1.29. The molecule has 0 unspecified atom stereocenters. The number of nitrogens with one attached hydrogen (secondary N) is 1. The fourth-order valence-corrected chi connectivity index (χ4v) is 2.12. The molecule has 26 heavy (non-hydrogen) atoms. The first-order chi connectivity index (χ1) is 12.4. The first-order valence-corrected chi connectivity index (χ1v) is 7.73. The van der Waals surface area contributed by atoms with E-state index in [1.54, 1.807) is 38.3 Å². The van der Waals surface area contributed by atoms with Crippen molar-refractivity contribution in [2.24, 2.45) is 0 Å². The Labute approximate surface area is 148 Å². The van der Waals surface area contributed by atoms with E-state index in [1.165, 1.54) is 0 Å². The number of hydrogen-bond acceptors (Lipinski definition) is 7. The second-order valence-electron chi connectivity index (χ2n) is 5.15. The van der Waals surface area contributed by atoms with Gasteiger partial charge in [0.15, 0.2) is 0 Å². The SMILES string of the molecule is CCOC(=O)c1nc([N+](=O)[O-])cn1CC(=O)NCc1ccc(OC)cc1. The molecule has 2 rings (SSSR count). The summed E-state index contributed by atoms with van der Waals surface area (Å²) in [5.41, 5.74) is 0.848. The van der Waals surface area contributed by atoms with E-state index in [2.05, 4.69) is 10.3 Å². The number of nitro groups is 1. The lowest BCUT2D eigenvalue weighted by atomic mass is 10.2. The number of methoxy groups -OCH3 is 1. The minimum absolute atomic E-state index is 0.0865. The number of carbonyl (C=O) groups is 2. The molecule has 0 aliphatic rings. The number of aromatic nitrogens is 2. The van der Waals surface area contributed by atoms with Crippen molar-refractivity contribution in [2.45, 2.75) is 20.0 Å². The highest BCUT2D eigenvalue weighted by molar-refractivity contribution is 5.87. The first-order valence-electron chi connectivity index (χ1n) is 7.73. The lowest BCUT2D eigenvalue weighted by Gasteiger charge is -2.07. The van der Waals surface area contributed by atoms with Crippen molar-refractivity contribution in [1.29, 1.82) is 0 Å². The smallest absolute Gasteiger partial charge is 0.401 e. The van der Waals surface area contributed by atoms with Crippen LogP contribution in [-0.4, -0.2) is 40.1 Å². The van der Waals surface area contributed by atoms with Gasteiger partial charge in [0, 0.05) is 6.54 Å². The minimum Gasteiger partial charge on any atom is -0.497 e. The predicted molar refractivity (Wildman–Crippen MR) is 89.7 cm³/mol. The second kappa shape index (κ2) is 8.60. The molecule has 0 aliphatic carbocycles. The van der Waals surface area contributed by atoms with Crippen LogP contribution in [0.5, 0.6) is 5.75 Å². The summed E-state index contributed by atoms with van der Waals surface area (Å²) < 4.78 is 11.0. The van der Waals surface area contributed by atoms with E-state index in [-0.39, 0.29) is 25.5 Å². The average molecular weight is 362 g/mol. The normalized spacial score (nSPS) is 10.2. The van der Waals surface area contributed by atoms with Crippen LogP contribution in [0.15, 0.2) is 30.5 Å². The maximum atomic E-state index is 12.1. The van der Waals surface area contributed by atoms with Gasteiger partial charge in [0.05, 0.1) is 13.7 Å². The van der Waals surface area contributed by atoms with Crippen LogP contribution < -0.4 is 10.1 Å². The van der Waals surface area contributed by atoms with Crippen LogP contribution in [-0.2, 0) is 22.6 Å². The summed E-state index contributed by atoms with van der Waals surface area (Å²) >= 11 is 0. The number of benzene rings is 1. The summed E-state index contributed by atoms with van der Waals surface area (Å²) in [6, 6.07) is 7.12. The van der Waals surface area contributed by atoms with Gasteiger partial charge in [0.25, 0.3) is 0 Å². The minimum atomic E-state index is -0.830. The van der Waals surface area contributed by atoms with Crippen molar-refractivity contribution in [3.8, 4) is 5.75 Å². The summed E-state index contributed by atoms with van der Waals surface area (Å²) in [7, 11) is 1.56. The number of rotatable bonds is 8. The van der Waals surface area contributed by atoms with Gasteiger partial charge in [-0.1, -0.05) is 12.1 Å². The molecule has 138 valence electrons. The van der Waals surface area contributed by atoms with E-state index >= 15 is 0 Å². The van der Waals surface area contributed by atoms with E-state index in [0.717, 1.165) is 16.3 Å². The number of esters is 1. The van der Waals surface area contributed by atoms with Gasteiger partial charge in [-0.2, -0.15) is 0 Å². The van der Waals surface area contributed by atoms with E-state index < -0.39 is 22.6 Å². The van der Waals surface area contributed by atoms with E-state index in [0.29, 0.717) is 5.75 Å². The second-order valence-corrected chi connectivity index (χ2v) is 5.15. The molecule has 0 bridgehead atoms. The molecular formula is C16H18N4O6. The van der Waals surface area contributed by atoms with Gasteiger partial charge in [-0.25, -0.2) is 4.79 Å². The molecule has 0 atom stereocenters. The zero-order chi connectivity index (χ0) is 19.1. The molecule has 1 aromatic carbocycles.